The zero-order valence-corrected chi connectivity index (χ0v) is 23.5. The van der Waals surface area contributed by atoms with Gasteiger partial charge in [-0.05, 0) is 50.1 Å². The second-order valence-electron chi connectivity index (χ2n) is 9.73. The Morgan fingerprint density at radius 2 is 1.77 bits per heavy atom. The van der Waals surface area contributed by atoms with Crippen molar-refractivity contribution in [2.45, 2.75) is 25.8 Å². The topological polar surface area (TPSA) is 98.6 Å². The molecule has 4 N–H and O–H groups in total. The fraction of sp³-hybridized carbons (Fsp3) is 0.241. The van der Waals surface area contributed by atoms with Crippen LogP contribution in [-0.2, 0) is 9.59 Å². The van der Waals surface area contributed by atoms with Crippen LogP contribution in [0.5, 0.6) is 5.75 Å². The number of benzene rings is 3. The Balaban J connectivity index is 1.24. The van der Waals surface area contributed by atoms with Crippen LogP contribution in [0.25, 0.3) is 0 Å². The number of para-hydroxylation sites is 1. The number of ketones is 1. The predicted molar refractivity (Wildman–Crippen MR) is 162 cm³/mol. The summed E-state index contributed by atoms with van der Waals surface area (Å²) in [4.78, 5) is 26.5. The van der Waals surface area contributed by atoms with E-state index in [1.165, 1.54) is 0 Å². The van der Waals surface area contributed by atoms with Crippen molar-refractivity contribution in [3.63, 3.8) is 0 Å². The number of aliphatic carboxylic acids is 1. The van der Waals surface area contributed by atoms with Gasteiger partial charge in [-0.15, -0.1) is 0 Å². The van der Waals surface area contributed by atoms with Gasteiger partial charge in [0.15, 0.2) is 6.73 Å². The standard InChI is InChI=1S/C29H29N5O4S2/c1-19(35)20-13-14-26(27(36)37)32(17-20)23-10-6-12-25(16-23)38-18-30-21-7-5-11-24(15-21)33-28(39)31-34(29(33)40)22-8-3-2-4-9-22/h2-12,15-16,20,26,30H,13-14,17-18H2,1H3,(H,31,39)(H,36,37)/p+1. The number of anilines is 3. The molecule has 3 unspecified atom stereocenters. The summed E-state index contributed by atoms with van der Waals surface area (Å²) in [5.41, 5.74) is 6.53. The molecule has 0 radical (unpaired) electrons. The van der Waals surface area contributed by atoms with E-state index in [2.05, 4.69) is 10.7 Å². The Morgan fingerprint density at radius 1 is 1.02 bits per heavy atom. The Labute approximate surface area is 243 Å². The molecule has 2 heterocycles. The fourth-order valence-corrected chi connectivity index (χ4v) is 5.76. The summed E-state index contributed by atoms with van der Waals surface area (Å²) in [6.45, 7) is 2.12. The van der Waals surface area contributed by atoms with Gasteiger partial charge in [0.25, 0.3) is 5.11 Å². The van der Waals surface area contributed by atoms with Gasteiger partial charge >= 0.3 is 11.1 Å². The van der Waals surface area contributed by atoms with Gasteiger partial charge in [0.2, 0.25) is 0 Å². The first-order valence-corrected chi connectivity index (χ1v) is 13.8. The Kier molecular flexibility index (Phi) is 8.24. The Hall–Kier alpha value is -4.06. The number of Topliss-reactive ketones (excluding diaryl/α,β-unsaturated/α-hetero) is 1. The molecule has 0 amide bonds. The van der Waals surface area contributed by atoms with E-state index in [1.54, 1.807) is 16.8 Å². The number of carboxylic acid groups (broad SMARTS) is 1. The fourth-order valence-electron chi connectivity index (χ4n) is 5.01. The molecule has 0 aromatic heterocycles. The number of hydrazine groups is 1. The number of piperidine rings is 1. The first kappa shape index (κ1) is 27.5. The third-order valence-corrected chi connectivity index (χ3v) is 7.81. The second kappa shape index (κ2) is 12.0. The van der Waals surface area contributed by atoms with Crippen LogP contribution in [0.3, 0.4) is 0 Å². The molecule has 40 heavy (non-hydrogen) atoms. The number of hydrogen-bond acceptors (Lipinski definition) is 7. The van der Waals surface area contributed by atoms with Crippen LogP contribution in [0.2, 0.25) is 0 Å². The van der Waals surface area contributed by atoms with Crippen LogP contribution in [0.1, 0.15) is 19.8 Å². The Bertz CT molecular complexity index is 1440. The van der Waals surface area contributed by atoms with Crippen LogP contribution in [0.4, 0.5) is 22.7 Å². The van der Waals surface area contributed by atoms with Gasteiger partial charge in [0.1, 0.15) is 23.3 Å². The largest absolute Gasteiger partial charge is 0.480 e. The van der Waals surface area contributed by atoms with Gasteiger partial charge in [-0.25, -0.2) is 10.2 Å². The molecule has 5 rings (SSSR count). The minimum atomic E-state index is -0.893. The molecule has 0 bridgehead atoms. The van der Waals surface area contributed by atoms with E-state index < -0.39 is 12.0 Å². The second-order valence-corrected chi connectivity index (χ2v) is 10.5. The molecule has 2 aliphatic rings. The summed E-state index contributed by atoms with van der Waals surface area (Å²) in [6, 6.07) is 24.2. The number of rotatable bonds is 9. The van der Waals surface area contributed by atoms with Crippen molar-refractivity contribution in [1.29, 1.82) is 0 Å². The quantitative estimate of drug-likeness (QED) is 0.224. The lowest BCUT2D eigenvalue weighted by Gasteiger charge is -2.38. The number of carbonyl (C=O) groups excluding carboxylic acids is 1. The summed E-state index contributed by atoms with van der Waals surface area (Å²) in [5, 5.41) is 16.0. The van der Waals surface area contributed by atoms with Gasteiger partial charge in [-0.2, -0.15) is 9.91 Å². The molecule has 2 aliphatic heterocycles. The molecule has 206 valence electrons. The van der Waals surface area contributed by atoms with Crippen LogP contribution in [0, 0.1) is 5.92 Å². The van der Waals surface area contributed by atoms with Crippen LogP contribution in [0.15, 0.2) is 78.9 Å². The zero-order chi connectivity index (χ0) is 28.2. The predicted octanol–water partition coefficient (Wildman–Crippen LogP) is 3.50. The highest BCUT2D eigenvalue weighted by atomic mass is 32.1. The molecule has 2 saturated heterocycles. The molecule has 11 heteroatoms. The first-order chi connectivity index (χ1) is 19.3. The van der Waals surface area contributed by atoms with E-state index >= 15 is 0 Å². The van der Waals surface area contributed by atoms with Crippen LogP contribution >= 0.6 is 24.4 Å². The van der Waals surface area contributed by atoms with E-state index in [0.717, 1.165) is 22.0 Å². The van der Waals surface area contributed by atoms with Gasteiger partial charge < -0.3 is 20.1 Å². The summed E-state index contributed by atoms with van der Waals surface area (Å²) in [5.74, 6) is -0.405. The van der Waals surface area contributed by atoms with Crippen molar-refractivity contribution < 1.29 is 24.3 Å². The molecule has 9 nitrogen and oxygen atoms in total. The maximum atomic E-state index is 12.0. The molecule has 3 aromatic rings. The normalized spacial score (nSPS) is 20.7. The smallest absolute Gasteiger partial charge is 0.326 e. The molecule has 3 atom stereocenters. The van der Waals surface area contributed by atoms with Crippen molar-refractivity contribution in [3.05, 3.63) is 78.9 Å². The average molecular weight is 577 g/mol. The van der Waals surface area contributed by atoms with Crippen molar-refractivity contribution in [2.75, 3.05) is 28.5 Å². The lowest BCUT2D eigenvalue weighted by atomic mass is 9.89. The summed E-state index contributed by atoms with van der Waals surface area (Å²) < 4.78 is 5.96. The molecule has 0 saturated carbocycles. The number of ether oxygens (including phenoxy) is 1. The van der Waals surface area contributed by atoms with E-state index in [9.17, 15) is 14.7 Å². The van der Waals surface area contributed by atoms with Crippen LogP contribution in [-0.4, -0.2) is 46.4 Å². The molecule has 0 aliphatic carbocycles. The first-order valence-electron chi connectivity index (χ1n) is 13.0. The molecule has 3 aromatic carbocycles. The van der Waals surface area contributed by atoms with Crippen molar-refractivity contribution in [2.24, 2.45) is 5.92 Å². The third kappa shape index (κ3) is 5.91. The SMILES string of the molecule is CC(=O)C1CCC(C(=O)O)N(c2cccc(OCNc3cccc([NH+]4C(=S)NN(c5ccccc5)C4=S)c3)c2)C1. The number of nitrogens with one attached hydrogen (secondary N) is 3. The monoisotopic (exact) mass is 576 g/mol. The van der Waals surface area contributed by atoms with Crippen molar-refractivity contribution in [3.8, 4) is 5.75 Å². The van der Waals surface area contributed by atoms with E-state index in [0.29, 0.717) is 41.0 Å². The number of carboxylic acids is 1. The lowest BCUT2D eigenvalue weighted by Crippen LogP contribution is -3.10. The highest BCUT2D eigenvalue weighted by Gasteiger charge is 2.38. The van der Waals surface area contributed by atoms with Gasteiger partial charge in [-0.1, -0.05) is 30.3 Å². The molecular formula is C29H30N5O4S2+. The van der Waals surface area contributed by atoms with E-state index in [-0.39, 0.29) is 18.4 Å². The summed E-state index contributed by atoms with van der Waals surface area (Å²) in [7, 11) is 0. The highest BCUT2D eigenvalue weighted by molar-refractivity contribution is 7.81. The van der Waals surface area contributed by atoms with Gasteiger partial charge in [-0.3, -0.25) is 4.79 Å². The number of thiocarbonyl (C=S) groups is 2. The van der Waals surface area contributed by atoms with E-state index in [4.69, 9.17) is 29.2 Å². The minimum absolute atomic E-state index is 0.0773. The van der Waals surface area contributed by atoms with E-state index in [1.807, 2.05) is 78.9 Å². The van der Waals surface area contributed by atoms with Crippen molar-refractivity contribution in [1.82, 2.24) is 5.43 Å². The van der Waals surface area contributed by atoms with Crippen LogP contribution < -0.4 is 30.3 Å². The maximum Gasteiger partial charge on any atom is 0.326 e. The Morgan fingerprint density at radius 3 is 2.52 bits per heavy atom. The minimum Gasteiger partial charge on any atom is -0.480 e. The van der Waals surface area contributed by atoms with Gasteiger partial charge in [0, 0.05) is 66.5 Å². The maximum absolute atomic E-state index is 12.0. The number of quaternary nitrogens is 1. The number of hydrogen-bond donors (Lipinski definition) is 4. The number of carbonyl (C=O) groups is 2. The number of nitrogens with zero attached hydrogens (tertiary/aromatic N) is 2. The van der Waals surface area contributed by atoms with Crippen molar-refractivity contribution >= 4 is 69.2 Å². The highest BCUT2D eigenvalue weighted by Crippen LogP contribution is 2.31. The lowest BCUT2D eigenvalue weighted by molar-refractivity contribution is -0.608. The average Bonchev–Trinajstić information content (AvgIpc) is 3.26. The summed E-state index contributed by atoms with van der Waals surface area (Å²) >= 11 is 11.3. The van der Waals surface area contributed by atoms with Gasteiger partial charge in [0.05, 0.1) is 5.69 Å². The third-order valence-electron chi connectivity index (χ3n) is 7.13. The molecule has 0 spiro atoms. The zero-order valence-electron chi connectivity index (χ0n) is 21.9. The summed E-state index contributed by atoms with van der Waals surface area (Å²) in [6.07, 6.45) is 1.00. The molecule has 2 fully saturated rings. The molecular weight excluding hydrogens is 546 g/mol.